The van der Waals surface area contributed by atoms with Crippen molar-refractivity contribution in [2.45, 2.75) is 62.4 Å². The first kappa shape index (κ1) is 34.9. The fraction of sp³-hybridized carbons (Fsp3) is 0.371. The Morgan fingerprint density at radius 1 is 0.826 bits per heavy atom. The Kier molecular flexibility index (Phi) is 13.0. The van der Waals surface area contributed by atoms with E-state index >= 15 is 0 Å². The van der Waals surface area contributed by atoms with Gasteiger partial charge in [0.25, 0.3) is 0 Å². The topological polar surface area (TPSA) is 190 Å². The van der Waals surface area contributed by atoms with E-state index in [1.807, 2.05) is 43.3 Å². The number of aliphatic hydroxyl groups is 5. The van der Waals surface area contributed by atoms with Crippen molar-refractivity contribution in [3.05, 3.63) is 95.1 Å². The highest BCUT2D eigenvalue weighted by Gasteiger charge is 2.43. The van der Waals surface area contributed by atoms with Gasteiger partial charge in [0.1, 0.15) is 29.8 Å². The zero-order valence-electron chi connectivity index (χ0n) is 25.4. The van der Waals surface area contributed by atoms with Crippen LogP contribution in [-0.4, -0.2) is 94.4 Å². The molecule has 0 aliphatic carbocycles. The molecule has 1 saturated heterocycles. The van der Waals surface area contributed by atoms with Crippen LogP contribution in [0.4, 0.5) is 0 Å². The third-order valence-corrected chi connectivity index (χ3v) is 7.12. The summed E-state index contributed by atoms with van der Waals surface area (Å²) in [7, 11) is 0. The van der Waals surface area contributed by atoms with Crippen LogP contribution in [0.5, 0.6) is 11.5 Å². The largest absolute Gasteiger partial charge is 0.463 e. The lowest BCUT2D eigenvalue weighted by molar-refractivity contribution is -0.239. The summed E-state index contributed by atoms with van der Waals surface area (Å²) in [6.07, 6.45) is -6.11. The van der Waals surface area contributed by atoms with E-state index in [2.05, 4.69) is 23.7 Å². The SMILES string of the molecule is CCCO[C@@H](Oc1cccc(C#Cc2ccc(C#Cc3cccc(O[C@@H]4O[C@H](CO)[C@@H](O)[C@H](O)[C@H]4N)c3)cc2)c1)[C@H](N)[C@@H](O)CO. The molecule has 0 unspecified atom stereocenters. The van der Waals surface area contributed by atoms with Crippen molar-refractivity contribution in [2.75, 3.05) is 19.8 Å². The molecule has 4 rings (SSSR count). The average Bonchev–Trinajstić information content (AvgIpc) is 3.08. The zero-order chi connectivity index (χ0) is 33.1. The molecule has 8 atom stereocenters. The number of ether oxygens (including phenoxy) is 4. The van der Waals surface area contributed by atoms with Gasteiger partial charge in [0.2, 0.25) is 12.6 Å². The van der Waals surface area contributed by atoms with Crippen molar-refractivity contribution in [3.63, 3.8) is 0 Å². The molecular weight excluding hydrogens is 592 g/mol. The minimum Gasteiger partial charge on any atom is -0.463 e. The predicted molar refractivity (Wildman–Crippen MR) is 169 cm³/mol. The van der Waals surface area contributed by atoms with Gasteiger partial charge in [-0.05, 0) is 67.1 Å². The Bertz CT molecular complexity index is 1440. The highest BCUT2D eigenvalue weighted by atomic mass is 16.7. The lowest BCUT2D eigenvalue weighted by Gasteiger charge is -2.40. The molecule has 1 fully saturated rings. The second-order valence-electron chi connectivity index (χ2n) is 10.7. The molecule has 1 heterocycles. The van der Waals surface area contributed by atoms with Gasteiger partial charge in [-0.2, -0.15) is 0 Å². The summed E-state index contributed by atoms with van der Waals surface area (Å²) in [5, 5.41) is 48.8. The molecule has 0 radical (unpaired) electrons. The second-order valence-corrected chi connectivity index (χ2v) is 10.7. The lowest BCUT2D eigenvalue weighted by Crippen LogP contribution is -2.63. The number of benzene rings is 3. The Hall–Kier alpha value is -3.98. The van der Waals surface area contributed by atoms with Gasteiger partial charge in [-0.15, -0.1) is 0 Å². The summed E-state index contributed by atoms with van der Waals surface area (Å²) < 4.78 is 22.9. The van der Waals surface area contributed by atoms with Crippen molar-refractivity contribution >= 4 is 0 Å². The maximum Gasteiger partial charge on any atom is 0.218 e. The molecule has 11 nitrogen and oxygen atoms in total. The summed E-state index contributed by atoms with van der Waals surface area (Å²) in [6.45, 7) is 1.32. The number of hydrogen-bond acceptors (Lipinski definition) is 11. The molecule has 0 amide bonds. The fourth-order valence-corrected chi connectivity index (χ4v) is 4.46. The molecule has 244 valence electrons. The van der Waals surface area contributed by atoms with Gasteiger partial charge >= 0.3 is 0 Å². The molecule has 46 heavy (non-hydrogen) atoms. The van der Waals surface area contributed by atoms with Gasteiger partial charge in [0.15, 0.2) is 0 Å². The Balaban J connectivity index is 1.39. The summed E-state index contributed by atoms with van der Waals surface area (Å²) in [5.41, 5.74) is 14.9. The molecule has 0 bridgehead atoms. The van der Waals surface area contributed by atoms with E-state index in [-0.39, 0.29) is 0 Å². The van der Waals surface area contributed by atoms with Crippen LogP contribution in [0.25, 0.3) is 0 Å². The quantitative estimate of drug-likeness (QED) is 0.115. The maximum atomic E-state index is 10.2. The van der Waals surface area contributed by atoms with Crippen molar-refractivity contribution < 1.29 is 44.5 Å². The van der Waals surface area contributed by atoms with Crippen molar-refractivity contribution in [2.24, 2.45) is 11.5 Å². The fourth-order valence-electron chi connectivity index (χ4n) is 4.46. The molecular formula is C35H40N2O9. The number of hydrogen-bond donors (Lipinski definition) is 7. The molecule has 3 aromatic rings. The first-order valence-electron chi connectivity index (χ1n) is 14.9. The molecule has 3 aromatic carbocycles. The molecule has 1 aliphatic heterocycles. The van der Waals surface area contributed by atoms with Crippen molar-refractivity contribution in [1.29, 1.82) is 0 Å². The Labute approximate surface area is 268 Å². The third-order valence-electron chi connectivity index (χ3n) is 7.12. The highest BCUT2D eigenvalue weighted by Crippen LogP contribution is 2.24. The average molecular weight is 633 g/mol. The van der Waals surface area contributed by atoms with E-state index in [1.54, 1.807) is 36.4 Å². The van der Waals surface area contributed by atoms with Crippen LogP contribution in [0.2, 0.25) is 0 Å². The van der Waals surface area contributed by atoms with E-state index in [4.69, 9.17) is 30.4 Å². The van der Waals surface area contributed by atoms with Gasteiger partial charge in [-0.25, -0.2) is 0 Å². The molecule has 11 heteroatoms. The second kappa shape index (κ2) is 17.1. The minimum atomic E-state index is -1.32. The Morgan fingerprint density at radius 2 is 1.39 bits per heavy atom. The van der Waals surface area contributed by atoms with Gasteiger partial charge < -0.3 is 55.9 Å². The van der Waals surface area contributed by atoms with Crippen LogP contribution in [0.1, 0.15) is 35.6 Å². The smallest absolute Gasteiger partial charge is 0.218 e. The monoisotopic (exact) mass is 632 g/mol. The summed E-state index contributed by atoms with van der Waals surface area (Å²) in [6, 6.07) is 19.6. The van der Waals surface area contributed by atoms with Gasteiger partial charge in [-0.1, -0.05) is 42.7 Å². The maximum absolute atomic E-state index is 10.2. The number of nitrogens with two attached hydrogens (primary N) is 2. The summed E-state index contributed by atoms with van der Waals surface area (Å²) >= 11 is 0. The van der Waals surface area contributed by atoms with Crippen LogP contribution >= 0.6 is 0 Å². The van der Waals surface area contributed by atoms with Crippen molar-refractivity contribution in [1.82, 2.24) is 0 Å². The van der Waals surface area contributed by atoms with E-state index in [1.165, 1.54) is 0 Å². The van der Waals surface area contributed by atoms with E-state index in [0.29, 0.717) is 29.2 Å². The van der Waals surface area contributed by atoms with Gasteiger partial charge in [0.05, 0.1) is 38.0 Å². The van der Waals surface area contributed by atoms with Gasteiger partial charge in [0, 0.05) is 22.3 Å². The van der Waals surface area contributed by atoms with E-state index in [0.717, 1.165) is 17.5 Å². The standard InChI is InChI=1S/C35H40N2O9/c1-2-17-43-34(30(36)28(40)20-38)44-26-7-3-5-24(18-26)15-13-22-9-11-23(12-10-22)14-16-25-6-4-8-27(19-25)45-35-31(37)33(42)32(41)29(21-39)46-35/h3-12,18-19,28-35,38-42H,2,17,20-21,36-37H2,1H3/t28-,29+,30+,31+,32+,33+,34-,35+/m0/s1. The molecule has 0 saturated carbocycles. The van der Waals surface area contributed by atoms with Crippen LogP contribution < -0.4 is 20.9 Å². The van der Waals surface area contributed by atoms with Crippen LogP contribution in [-0.2, 0) is 9.47 Å². The molecule has 0 spiro atoms. The molecule has 9 N–H and O–H groups in total. The van der Waals surface area contributed by atoms with Crippen molar-refractivity contribution in [3.8, 4) is 35.2 Å². The minimum absolute atomic E-state index is 0.382. The van der Waals surface area contributed by atoms with E-state index < -0.39 is 62.3 Å². The highest BCUT2D eigenvalue weighted by molar-refractivity contribution is 5.49. The number of rotatable bonds is 11. The normalized spacial score (nSPS) is 22.7. The van der Waals surface area contributed by atoms with Crippen LogP contribution in [0.15, 0.2) is 72.8 Å². The Morgan fingerprint density at radius 3 is 1.96 bits per heavy atom. The number of aliphatic hydroxyl groups excluding tert-OH is 5. The first-order chi connectivity index (χ1) is 22.2. The van der Waals surface area contributed by atoms with Crippen LogP contribution in [0.3, 0.4) is 0 Å². The van der Waals surface area contributed by atoms with Gasteiger partial charge in [-0.3, -0.25) is 0 Å². The molecule has 0 aromatic heterocycles. The molecule has 1 aliphatic rings. The summed E-state index contributed by atoms with van der Waals surface area (Å²) in [5.74, 6) is 13.3. The van der Waals surface area contributed by atoms with Crippen LogP contribution in [0, 0.1) is 23.7 Å². The van der Waals surface area contributed by atoms with E-state index in [9.17, 15) is 25.5 Å². The summed E-state index contributed by atoms with van der Waals surface area (Å²) in [4.78, 5) is 0. The third kappa shape index (κ3) is 9.52. The predicted octanol–water partition coefficient (Wildman–Crippen LogP) is 0.443. The zero-order valence-corrected chi connectivity index (χ0v) is 25.4. The lowest BCUT2D eigenvalue weighted by atomic mass is 9.98. The first-order valence-corrected chi connectivity index (χ1v) is 14.9.